The third-order valence-electron chi connectivity index (χ3n) is 2.04. The number of nitrogens with one attached hydrogen (secondary N) is 2. The highest BCUT2D eigenvalue weighted by atomic mass is 32.1. The molecule has 2 heterocycles. The van der Waals surface area contributed by atoms with E-state index in [0.717, 1.165) is 0 Å². The van der Waals surface area contributed by atoms with Gasteiger partial charge in [-0.2, -0.15) is 0 Å². The van der Waals surface area contributed by atoms with E-state index in [1.807, 2.05) is 0 Å². The number of Topliss-reactive ketones (excluding diaryl/α,β-unsaturated/α-hetero) is 1. The van der Waals surface area contributed by atoms with Crippen LogP contribution in [-0.4, -0.2) is 15.8 Å². The van der Waals surface area contributed by atoms with Crippen LogP contribution in [-0.2, 0) is 6.42 Å². The average molecular weight is 236 g/mol. The molecule has 0 unspecified atom stereocenters. The Morgan fingerprint density at radius 2 is 2.19 bits per heavy atom. The van der Waals surface area contributed by atoms with Crippen LogP contribution >= 0.6 is 11.3 Å². The van der Waals surface area contributed by atoms with Gasteiger partial charge in [-0.05, 0) is 11.4 Å². The summed E-state index contributed by atoms with van der Waals surface area (Å²) in [6.07, 6.45) is 1.26. The van der Waals surface area contributed by atoms with Crippen molar-refractivity contribution < 1.29 is 4.79 Å². The van der Waals surface area contributed by atoms with Crippen LogP contribution in [0.15, 0.2) is 33.3 Å². The van der Waals surface area contributed by atoms with Crippen molar-refractivity contribution in [2.45, 2.75) is 6.42 Å². The number of aromatic nitrogens is 2. The number of ketones is 1. The number of carbonyl (C=O) groups is 1. The minimum atomic E-state index is -0.572. The van der Waals surface area contributed by atoms with Crippen molar-refractivity contribution in [1.29, 1.82) is 0 Å². The molecular weight excluding hydrogens is 228 g/mol. The molecule has 0 atom stereocenters. The Morgan fingerprint density at radius 1 is 1.38 bits per heavy atom. The first-order valence-electron chi connectivity index (χ1n) is 4.54. The van der Waals surface area contributed by atoms with Crippen molar-refractivity contribution in [1.82, 2.24) is 9.97 Å². The molecule has 0 aliphatic heterocycles. The van der Waals surface area contributed by atoms with Crippen LogP contribution in [0.4, 0.5) is 0 Å². The number of H-pyrrole nitrogens is 2. The van der Waals surface area contributed by atoms with E-state index in [-0.39, 0.29) is 17.8 Å². The van der Waals surface area contributed by atoms with Gasteiger partial charge in [0.1, 0.15) is 0 Å². The number of rotatable bonds is 3. The van der Waals surface area contributed by atoms with Gasteiger partial charge < -0.3 is 4.98 Å². The zero-order valence-electron chi connectivity index (χ0n) is 8.15. The van der Waals surface area contributed by atoms with Crippen molar-refractivity contribution in [3.63, 3.8) is 0 Å². The van der Waals surface area contributed by atoms with E-state index >= 15 is 0 Å². The molecule has 0 amide bonds. The van der Waals surface area contributed by atoms with E-state index in [4.69, 9.17) is 0 Å². The highest BCUT2D eigenvalue weighted by Crippen LogP contribution is 2.10. The molecular formula is C10H8N2O3S. The summed E-state index contributed by atoms with van der Waals surface area (Å²) >= 11 is 1.33. The van der Waals surface area contributed by atoms with Crippen molar-refractivity contribution in [2.75, 3.05) is 0 Å². The van der Waals surface area contributed by atoms with Gasteiger partial charge in [-0.25, -0.2) is 4.79 Å². The third kappa shape index (κ3) is 2.17. The van der Waals surface area contributed by atoms with Crippen molar-refractivity contribution in [3.05, 3.63) is 55.0 Å². The zero-order valence-corrected chi connectivity index (χ0v) is 8.97. The summed E-state index contributed by atoms with van der Waals surface area (Å²) in [5.74, 6) is -0.132. The number of thiophene rings is 1. The molecule has 2 aromatic heterocycles. The molecule has 0 spiro atoms. The molecule has 2 N–H and O–H groups in total. The SMILES string of the molecule is O=C(Cc1c[nH]c(=O)[nH]c1=O)c1cccs1. The van der Waals surface area contributed by atoms with E-state index in [1.165, 1.54) is 17.5 Å². The quantitative estimate of drug-likeness (QED) is 0.763. The van der Waals surface area contributed by atoms with Gasteiger partial charge in [0.25, 0.3) is 5.56 Å². The molecule has 2 aromatic rings. The first-order valence-corrected chi connectivity index (χ1v) is 5.42. The molecule has 5 nitrogen and oxygen atoms in total. The summed E-state index contributed by atoms with van der Waals surface area (Å²) in [6, 6.07) is 3.47. The summed E-state index contributed by atoms with van der Waals surface area (Å²) < 4.78 is 0. The van der Waals surface area contributed by atoms with E-state index < -0.39 is 11.2 Å². The lowest BCUT2D eigenvalue weighted by molar-refractivity contribution is 0.0996. The Balaban J connectivity index is 2.25. The van der Waals surface area contributed by atoms with E-state index in [9.17, 15) is 14.4 Å². The fraction of sp³-hybridized carbons (Fsp3) is 0.100. The van der Waals surface area contributed by atoms with E-state index in [2.05, 4.69) is 9.97 Å². The Labute approximate surface area is 93.8 Å². The molecule has 16 heavy (non-hydrogen) atoms. The predicted octanol–water partition coefficient (Wildman–Crippen LogP) is 0.550. The van der Waals surface area contributed by atoms with Gasteiger partial charge in [0, 0.05) is 18.2 Å². The number of aromatic amines is 2. The summed E-state index contributed by atoms with van der Waals surface area (Å²) in [5, 5.41) is 1.80. The second-order valence-corrected chi connectivity index (χ2v) is 4.12. The highest BCUT2D eigenvalue weighted by molar-refractivity contribution is 7.12. The lowest BCUT2D eigenvalue weighted by atomic mass is 10.1. The maximum atomic E-state index is 11.7. The minimum absolute atomic E-state index is 0.00731. The van der Waals surface area contributed by atoms with Gasteiger partial charge >= 0.3 is 5.69 Å². The van der Waals surface area contributed by atoms with Crippen molar-refractivity contribution in [3.8, 4) is 0 Å². The van der Waals surface area contributed by atoms with Crippen LogP contribution in [0.25, 0.3) is 0 Å². The number of carbonyl (C=O) groups excluding carboxylic acids is 1. The fourth-order valence-electron chi connectivity index (χ4n) is 1.27. The topological polar surface area (TPSA) is 82.8 Å². The second kappa shape index (κ2) is 4.28. The van der Waals surface area contributed by atoms with E-state index in [0.29, 0.717) is 4.88 Å². The van der Waals surface area contributed by atoms with Crippen LogP contribution in [0, 0.1) is 0 Å². The Morgan fingerprint density at radius 3 is 2.81 bits per heavy atom. The third-order valence-corrected chi connectivity index (χ3v) is 2.95. The molecule has 0 bridgehead atoms. The average Bonchev–Trinajstić information content (AvgIpc) is 2.75. The predicted molar refractivity (Wildman–Crippen MR) is 60.0 cm³/mol. The van der Waals surface area contributed by atoms with Gasteiger partial charge in [-0.15, -0.1) is 11.3 Å². The minimum Gasteiger partial charge on any atom is -0.314 e. The van der Waals surface area contributed by atoms with Gasteiger partial charge in [-0.1, -0.05) is 6.07 Å². The fourth-order valence-corrected chi connectivity index (χ4v) is 1.93. The van der Waals surface area contributed by atoms with Gasteiger partial charge in [0.05, 0.1) is 4.88 Å². The summed E-state index contributed by atoms with van der Waals surface area (Å²) in [5.41, 5.74) is -0.830. The Bertz CT molecular complexity index is 609. The van der Waals surface area contributed by atoms with Gasteiger partial charge in [-0.3, -0.25) is 14.6 Å². The molecule has 0 aromatic carbocycles. The molecule has 0 aliphatic carbocycles. The smallest absolute Gasteiger partial charge is 0.314 e. The van der Waals surface area contributed by atoms with Gasteiger partial charge in [0.15, 0.2) is 5.78 Å². The van der Waals surface area contributed by atoms with Crippen molar-refractivity contribution >= 4 is 17.1 Å². The molecule has 0 radical (unpaired) electrons. The van der Waals surface area contributed by atoms with Crippen LogP contribution in [0.5, 0.6) is 0 Å². The monoisotopic (exact) mass is 236 g/mol. The highest BCUT2D eigenvalue weighted by Gasteiger charge is 2.10. The lowest BCUT2D eigenvalue weighted by Gasteiger charge is -1.96. The maximum Gasteiger partial charge on any atom is 0.325 e. The second-order valence-electron chi connectivity index (χ2n) is 3.17. The van der Waals surface area contributed by atoms with E-state index in [1.54, 1.807) is 17.5 Å². The standard InChI is InChI=1S/C10H8N2O3S/c13-7(8-2-1-3-16-8)4-6-5-11-10(15)12-9(6)14/h1-3,5H,4H2,(H2,11,12,14,15). The molecule has 2 rings (SSSR count). The molecule has 82 valence electrons. The summed E-state index contributed by atoms with van der Waals surface area (Å²) in [6.45, 7) is 0. The molecule has 0 fully saturated rings. The van der Waals surface area contributed by atoms with Crippen LogP contribution in [0.3, 0.4) is 0 Å². The maximum absolute atomic E-state index is 11.7. The molecule has 0 saturated heterocycles. The molecule has 6 heteroatoms. The zero-order chi connectivity index (χ0) is 11.5. The van der Waals surface area contributed by atoms with Crippen LogP contribution in [0.1, 0.15) is 15.2 Å². The normalized spacial score (nSPS) is 10.2. The first kappa shape index (κ1) is 10.6. The lowest BCUT2D eigenvalue weighted by Crippen LogP contribution is -2.25. The Kier molecular flexibility index (Phi) is 2.82. The van der Waals surface area contributed by atoms with Gasteiger partial charge in [0.2, 0.25) is 0 Å². The summed E-state index contributed by atoms with van der Waals surface area (Å²) in [7, 11) is 0. The van der Waals surface area contributed by atoms with Crippen molar-refractivity contribution in [2.24, 2.45) is 0 Å². The molecule has 0 saturated carbocycles. The Hall–Kier alpha value is -1.95. The number of hydrogen-bond donors (Lipinski definition) is 2. The first-order chi connectivity index (χ1) is 7.66. The largest absolute Gasteiger partial charge is 0.325 e. The van der Waals surface area contributed by atoms with Crippen LogP contribution < -0.4 is 11.2 Å². The van der Waals surface area contributed by atoms with Crippen LogP contribution in [0.2, 0.25) is 0 Å². The molecule has 0 aliphatic rings. The summed E-state index contributed by atoms with van der Waals surface area (Å²) in [4.78, 5) is 38.8. The number of hydrogen-bond acceptors (Lipinski definition) is 4.